The molecule has 1 N–H and O–H groups in total. The summed E-state index contributed by atoms with van der Waals surface area (Å²) in [5.74, 6) is -1.91. The highest BCUT2D eigenvalue weighted by Gasteiger charge is 2.18. The number of nitrogens with zero attached hydrogens (tertiary/aromatic N) is 4. The molecule has 0 unspecified atom stereocenters. The zero-order valence-corrected chi connectivity index (χ0v) is 10.8. The Morgan fingerprint density at radius 2 is 2.24 bits per heavy atom. The number of aryl methyl sites for hydroxylation is 1. The van der Waals surface area contributed by atoms with E-state index in [-0.39, 0.29) is 11.6 Å². The van der Waals surface area contributed by atoms with Crippen molar-refractivity contribution in [3.8, 4) is 11.6 Å². The fourth-order valence-corrected chi connectivity index (χ4v) is 1.88. The second-order valence-corrected chi connectivity index (χ2v) is 4.23. The van der Waals surface area contributed by atoms with Gasteiger partial charge in [0.05, 0.1) is 0 Å². The second kappa shape index (κ2) is 4.82. The molecule has 0 aliphatic heterocycles. The molecule has 3 rings (SSSR count). The molecule has 0 spiro atoms. The van der Waals surface area contributed by atoms with E-state index in [0.717, 1.165) is 6.07 Å². The van der Waals surface area contributed by atoms with Crippen molar-refractivity contribution in [2.45, 2.75) is 6.92 Å². The third-order valence-corrected chi connectivity index (χ3v) is 2.75. The summed E-state index contributed by atoms with van der Waals surface area (Å²) in [6, 6.07) is 5.34. The third kappa shape index (κ3) is 2.27. The number of carboxylic acid groups (broad SMARTS) is 1. The van der Waals surface area contributed by atoms with Gasteiger partial charge in [-0.3, -0.25) is 0 Å². The van der Waals surface area contributed by atoms with Crippen molar-refractivity contribution in [2.24, 2.45) is 0 Å². The van der Waals surface area contributed by atoms with Crippen molar-refractivity contribution in [1.82, 2.24) is 19.6 Å². The van der Waals surface area contributed by atoms with Crippen LogP contribution in [0.25, 0.3) is 5.78 Å². The SMILES string of the molecule is Cc1cc(Oc2cccc(F)c2C(=O)O)n2ncnc2n1. The molecule has 21 heavy (non-hydrogen) atoms. The summed E-state index contributed by atoms with van der Waals surface area (Å²) >= 11 is 0. The largest absolute Gasteiger partial charge is 0.477 e. The van der Waals surface area contributed by atoms with Crippen LogP contribution in [0.15, 0.2) is 30.6 Å². The van der Waals surface area contributed by atoms with Gasteiger partial charge in [-0.1, -0.05) is 6.07 Å². The van der Waals surface area contributed by atoms with E-state index < -0.39 is 17.3 Å². The maximum absolute atomic E-state index is 13.6. The Morgan fingerprint density at radius 3 is 3.00 bits per heavy atom. The van der Waals surface area contributed by atoms with E-state index in [4.69, 9.17) is 9.84 Å². The van der Waals surface area contributed by atoms with Crippen molar-refractivity contribution in [3.05, 3.63) is 47.7 Å². The number of hydrogen-bond donors (Lipinski definition) is 1. The predicted octanol–water partition coefficient (Wildman–Crippen LogP) is 2.06. The number of fused-ring (bicyclic) bond motifs is 1. The van der Waals surface area contributed by atoms with Crippen molar-refractivity contribution in [1.29, 1.82) is 0 Å². The number of halogens is 1. The lowest BCUT2D eigenvalue weighted by atomic mass is 10.2. The average molecular weight is 288 g/mol. The second-order valence-electron chi connectivity index (χ2n) is 4.23. The Balaban J connectivity index is 2.13. The molecule has 0 aliphatic carbocycles. The van der Waals surface area contributed by atoms with E-state index in [9.17, 15) is 9.18 Å². The van der Waals surface area contributed by atoms with Crippen molar-refractivity contribution < 1.29 is 19.0 Å². The summed E-state index contributed by atoms with van der Waals surface area (Å²) in [4.78, 5) is 19.2. The highest BCUT2D eigenvalue weighted by atomic mass is 19.1. The topological polar surface area (TPSA) is 89.6 Å². The highest BCUT2D eigenvalue weighted by molar-refractivity contribution is 5.91. The zero-order chi connectivity index (χ0) is 15.0. The van der Waals surface area contributed by atoms with E-state index in [2.05, 4.69) is 15.1 Å². The molecule has 2 heterocycles. The van der Waals surface area contributed by atoms with E-state index in [1.54, 1.807) is 13.0 Å². The maximum atomic E-state index is 13.6. The molecule has 0 aliphatic rings. The van der Waals surface area contributed by atoms with Gasteiger partial charge in [-0.25, -0.2) is 14.2 Å². The van der Waals surface area contributed by atoms with Gasteiger partial charge in [-0.05, 0) is 19.1 Å². The first-order chi connectivity index (χ1) is 10.1. The van der Waals surface area contributed by atoms with Crippen molar-refractivity contribution >= 4 is 11.7 Å². The normalized spacial score (nSPS) is 10.8. The van der Waals surface area contributed by atoms with E-state index in [1.165, 1.54) is 23.0 Å². The Labute approximate surface area is 117 Å². The Kier molecular flexibility index (Phi) is 2.98. The van der Waals surface area contributed by atoms with Crippen LogP contribution in [-0.4, -0.2) is 30.7 Å². The number of carbonyl (C=O) groups is 1. The summed E-state index contributed by atoms with van der Waals surface area (Å²) in [6.45, 7) is 1.73. The van der Waals surface area contributed by atoms with Gasteiger partial charge in [0.2, 0.25) is 5.88 Å². The molecule has 0 radical (unpaired) electrons. The number of ether oxygens (including phenoxy) is 1. The summed E-state index contributed by atoms with van der Waals surface area (Å²) in [5, 5.41) is 13.0. The minimum absolute atomic E-state index is 0.120. The summed E-state index contributed by atoms with van der Waals surface area (Å²) < 4.78 is 20.4. The lowest BCUT2D eigenvalue weighted by Gasteiger charge is -2.10. The summed E-state index contributed by atoms with van der Waals surface area (Å²) in [7, 11) is 0. The van der Waals surface area contributed by atoms with Gasteiger partial charge in [-0.2, -0.15) is 14.6 Å². The van der Waals surface area contributed by atoms with Crippen LogP contribution in [0.3, 0.4) is 0 Å². The monoisotopic (exact) mass is 288 g/mol. The minimum atomic E-state index is -1.41. The Bertz CT molecular complexity index is 847. The molecule has 8 heteroatoms. The summed E-state index contributed by atoms with van der Waals surface area (Å²) in [5.41, 5.74) is 0.0685. The average Bonchev–Trinajstić information content (AvgIpc) is 2.86. The van der Waals surface area contributed by atoms with E-state index >= 15 is 0 Å². The number of aromatic nitrogens is 4. The fourth-order valence-electron chi connectivity index (χ4n) is 1.88. The molecule has 2 aromatic heterocycles. The molecule has 0 fully saturated rings. The first-order valence-corrected chi connectivity index (χ1v) is 5.93. The van der Waals surface area contributed by atoms with Gasteiger partial charge in [-0.15, -0.1) is 0 Å². The molecule has 0 bridgehead atoms. The molecule has 0 atom stereocenters. The molecule has 106 valence electrons. The van der Waals surface area contributed by atoms with Gasteiger partial charge in [0.15, 0.2) is 0 Å². The zero-order valence-electron chi connectivity index (χ0n) is 10.8. The standard InChI is InChI=1S/C13H9FN4O3/c1-7-5-10(18-13(17-7)15-6-16-18)21-9-4-2-3-8(14)11(9)12(19)20/h2-6H,1H3,(H,19,20). The maximum Gasteiger partial charge on any atom is 0.342 e. The number of aromatic carboxylic acids is 1. The summed E-state index contributed by atoms with van der Waals surface area (Å²) in [6.07, 6.45) is 1.29. The number of hydrogen-bond acceptors (Lipinski definition) is 5. The van der Waals surface area contributed by atoms with E-state index in [1.807, 2.05) is 0 Å². The van der Waals surface area contributed by atoms with Crippen LogP contribution in [-0.2, 0) is 0 Å². The lowest BCUT2D eigenvalue weighted by molar-refractivity contribution is 0.0689. The minimum Gasteiger partial charge on any atom is -0.477 e. The van der Waals surface area contributed by atoms with Crippen molar-refractivity contribution in [2.75, 3.05) is 0 Å². The molecule has 3 aromatic rings. The quantitative estimate of drug-likeness (QED) is 0.793. The molecule has 1 aromatic carbocycles. The molecular formula is C13H9FN4O3. The van der Waals surface area contributed by atoms with Gasteiger partial charge in [0.1, 0.15) is 23.5 Å². The van der Waals surface area contributed by atoms with Crippen LogP contribution >= 0.6 is 0 Å². The number of carboxylic acids is 1. The molecule has 0 amide bonds. The van der Waals surface area contributed by atoms with Gasteiger partial charge in [0, 0.05) is 11.8 Å². The van der Waals surface area contributed by atoms with Crippen LogP contribution in [0.1, 0.15) is 16.1 Å². The molecule has 7 nitrogen and oxygen atoms in total. The van der Waals surface area contributed by atoms with Crippen LogP contribution in [0.2, 0.25) is 0 Å². The lowest BCUT2D eigenvalue weighted by Crippen LogP contribution is -2.06. The molecule has 0 saturated heterocycles. The van der Waals surface area contributed by atoms with Crippen molar-refractivity contribution in [3.63, 3.8) is 0 Å². The van der Waals surface area contributed by atoms with Crippen LogP contribution in [0.4, 0.5) is 4.39 Å². The highest BCUT2D eigenvalue weighted by Crippen LogP contribution is 2.27. The smallest absolute Gasteiger partial charge is 0.342 e. The van der Waals surface area contributed by atoms with Crippen LogP contribution in [0.5, 0.6) is 11.6 Å². The number of benzene rings is 1. The molecular weight excluding hydrogens is 279 g/mol. The van der Waals surface area contributed by atoms with E-state index in [0.29, 0.717) is 11.5 Å². The molecule has 0 saturated carbocycles. The predicted molar refractivity (Wildman–Crippen MR) is 69.0 cm³/mol. The van der Waals surface area contributed by atoms with Crippen LogP contribution < -0.4 is 4.74 Å². The van der Waals surface area contributed by atoms with Gasteiger partial charge < -0.3 is 9.84 Å². The first-order valence-electron chi connectivity index (χ1n) is 5.93. The Hall–Kier alpha value is -3.03. The van der Waals surface area contributed by atoms with Gasteiger partial charge in [0.25, 0.3) is 5.78 Å². The van der Waals surface area contributed by atoms with Gasteiger partial charge >= 0.3 is 5.97 Å². The Morgan fingerprint density at radius 1 is 1.43 bits per heavy atom. The first kappa shape index (κ1) is 13.0. The van der Waals surface area contributed by atoms with Crippen LogP contribution in [0, 0.1) is 12.7 Å². The number of rotatable bonds is 3. The third-order valence-electron chi connectivity index (χ3n) is 2.75. The fraction of sp³-hybridized carbons (Fsp3) is 0.0769.